The zero-order valence-corrected chi connectivity index (χ0v) is 10.1. The number of hydrogen-bond donors (Lipinski definition) is 2. The summed E-state index contributed by atoms with van der Waals surface area (Å²) in [5, 5.41) is 10.9. The minimum atomic E-state index is 0.421. The van der Waals surface area contributed by atoms with E-state index in [2.05, 4.69) is 43.2 Å². The van der Waals surface area contributed by atoms with Gasteiger partial charge in [-0.2, -0.15) is 5.10 Å². The van der Waals surface area contributed by atoms with Gasteiger partial charge >= 0.3 is 0 Å². The summed E-state index contributed by atoms with van der Waals surface area (Å²) in [6.45, 7) is 8.97. The van der Waals surface area contributed by atoms with Crippen molar-refractivity contribution in [1.82, 2.24) is 10.2 Å². The largest absolute Gasteiger partial charge is 0.366 e. The number of H-pyrrole nitrogens is 1. The lowest BCUT2D eigenvalue weighted by Gasteiger charge is -2.29. The van der Waals surface area contributed by atoms with E-state index in [1.54, 1.807) is 0 Å². The van der Waals surface area contributed by atoms with Crippen molar-refractivity contribution in [3.63, 3.8) is 0 Å². The molecule has 0 saturated carbocycles. The quantitative estimate of drug-likeness (QED) is 0.783. The Bertz CT molecular complexity index is 350. The minimum absolute atomic E-state index is 0.421. The predicted molar refractivity (Wildman–Crippen MR) is 63.2 cm³/mol. The molecule has 2 N–H and O–H groups in total. The summed E-state index contributed by atoms with van der Waals surface area (Å²) in [5.41, 5.74) is 3.15. The second kappa shape index (κ2) is 3.54. The Labute approximate surface area is 91.7 Å². The second-order valence-corrected chi connectivity index (χ2v) is 5.67. The van der Waals surface area contributed by atoms with Crippen molar-refractivity contribution >= 4 is 5.82 Å². The van der Waals surface area contributed by atoms with Crippen LogP contribution >= 0.6 is 0 Å². The van der Waals surface area contributed by atoms with Crippen molar-refractivity contribution in [2.24, 2.45) is 5.41 Å². The van der Waals surface area contributed by atoms with Gasteiger partial charge in [0.15, 0.2) is 5.82 Å². The standard InChI is InChI=1S/C12H21N3/c1-8(2)13-11-9-7-12(3,4)6-5-10(9)14-15-11/h8H,5-7H2,1-4H3,(H2,13,14,15). The van der Waals surface area contributed by atoms with Crippen molar-refractivity contribution in [2.75, 3.05) is 5.32 Å². The molecule has 2 rings (SSSR count). The fourth-order valence-corrected chi connectivity index (χ4v) is 2.22. The van der Waals surface area contributed by atoms with E-state index in [4.69, 9.17) is 0 Å². The molecule has 3 heteroatoms. The first-order valence-electron chi connectivity index (χ1n) is 5.80. The summed E-state index contributed by atoms with van der Waals surface area (Å²) < 4.78 is 0. The van der Waals surface area contributed by atoms with Gasteiger partial charge in [-0.1, -0.05) is 13.8 Å². The third kappa shape index (κ3) is 2.16. The van der Waals surface area contributed by atoms with Crippen LogP contribution in [0.25, 0.3) is 0 Å². The zero-order valence-electron chi connectivity index (χ0n) is 10.1. The van der Waals surface area contributed by atoms with Gasteiger partial charge in [0.2, 0.25) is 0 Å². The van der Waals surface area contributed by atoms with Crippen LogP contribution in [0.3, 0.4) is 0 Å². The van der Waals surface area contributed by atoms with Crippen LogP contribution in [0, 0.1) is 5.41 Å². The Hall–Kier alpha value is -0.990. The highest BCUT2D eigenvalue weighted by molar-refractivity contribution is 5.48. The molecule has 0 bridgehead atoms. The molecule has 1 aromatic rings. The third-order valence-corrected chi connectivity index (χ3v) is 3.09. The summed E-state index contributed by atoms with van der Waals surface area (Å²) in [7, 11) is 0. The lowest BCUT2D eigenvalue weighted by molar-refractivity contribution is 0.314. The van der Waals surface area contributed by atoms with E-state index in [-0.39, 0.29) is 0 Å². The van der Waals surface area contributed by atoms with Crippen molar-refractivity contribution in [3.8, 4) is 0 Å². The molecule has 15 heavy (non-hydrogen) atoms. The summed E-state index contributed by atoms with van der Waals surface area (Å²) in [5.74, 6) is 1.06. The normalized spacial score (nSPS) is 19.0. The van der Waals surface area contributed by atoms with Crippen molar-refractivity contribution in [3.05, 3.63) is 11.3 Å². The number of nitrogens with one attached hydrogen (secondary N) is 2. The van der Waals surface area contributed by atoms with Gasteiger partial charge in [-0.05, 0) is 38.5 Å². The fraction of sp³-hybridized carbons (Fsp3) is 0.750. The van der Waals surface area contributed by atoms with Crippen molar-refractivity contribution < 1.29 is 0 Å². The molecule has 0 aromatic carbocycles. The zero-order chi connectivity index (χ0) is 11.1. The Morgan fingerprint density at radius 3 is 2.80 bits per heavy atom. The van der Waals surface area contributed by atoms with E-state index in [0.717, 1.165) is 18.7 Å². The maximum absolute atomic E-state index is 4.37. The molecule has 0 unspecified atom stereocenters. The molecule has 0 spiro atoms. The molecular formula is C12H21N3. The van der Waals surface area contributed by atoms with E-state index in [1.807, 2.05) is 0 Å². The molecule has 1 heterocycles. The Balaban J connectivity index is 2.25. The maximum Gasteiger partial charge on any atom is 0.151 e. The lowest BCUT2D eigenvalue weighted by Crippen LogP contribution is -2.23. The molecular weight excluding hydrogens is 186 g/mol. The number of anilines is 1. The van der Waals surface area contributed by atoms with Gasteiger partial charge in [-0.3, -0.25) is 5.10 Å². The number of aromatic nitrogens is 2. The number of aryl methyl sites for hydroxylation is 1. The van der Waals surface area contributed by atoms with E-state index in [9.17, 15) is 0 Å². The fourth-order valence-electron chi connectivity index (χ4n) is 2.22. The second-order valence-electron chi connectivity index (χ2n) is 5.67. The SMILES string of the molecule is CC(C)Nc1n[nH]c2c1CC(C)(C)CC2. The molecule has 0 saturated heterocycles. The maximum atomic E-state index is 4.37. The molecule has 0 amide bonds. The van der Waals surface area contributed by atoms with Crippen LogP contribution in [-0.4, -0.2) is 16.2 Å². The first kappa shape index (κ1) is 10.5. The number of aromatic amines is 1. The molecule has 84 valence electrons. The molecule has 0 aliphatic heterocycles. The van der Waals surface area contributed by atoms with Crippen molar-refractivity contribution in [2.45, 2.75) is 53.0 Å². The molecule has 0 radical (unpaired) electrons. The number of fused-ring (bicyclic) bond motifs is 1. The number of nitrogens with zero attached hydrogens (tertiary/aromatic N) is 1. The Kier molecular flexibility index (Phi) is 2.49. The van der Waals surface area contributed by atoms with Gasteiger partial charge in [-0.25, -0.2) is 0 Å². The molecule has 3 nitrogen and oxygen atoms in total. The molecule has 0 atom stereocenters. The first-order chi connectivity index (χ1) is 6.98. The summed E-state index contributed by atoms with van der Waals surface area (Å²) >= 11 is 0. The van der Waals surface area contributed by atoms with Gasteiger partial charge in [0.1, 0.15) is 0 Å². The lowest BCUT2D eigenvalue weighted by atomic mass is 9.76. The minimum Gasteiger partial charge on any atom is -0.366 e. The van der Waals surface area contributed by atoms with Gasteiger partial charge in [0.25, 0.3) is 0 Å². The molecule has 0 fully saturated rings. The van der Waals surface area contributed by atoms with Gasteiger partial charge < -0.3 is 5.32 Å². The predicted octanol–water partition coefficient (Wildman–Crippen LogP) is 2.74. The highest BCUT2D eigenvalue weighted by Gasteiger charge is 2.29. The molecule has 1 aliphatic rings. The highest BCUT2D eigenvalue weighted by Crippen LogP contribution is 2.36. The van der Waals surface area contributed by atoms with Gasteiger partial charge in [-0.15, -0.1) is 0 Å². The monoisotopic (exact) mass is 207 g/mol. The smallest absolute Gasteiger partial charge is 0.151 e. The summed E-state index contributed by atoms with van der Waals surface area (Å²) in [6, 6.07) is 0.447. The van der Waals surface area contributed by atoms with Crippen LogP contribution < -0.4 is 5.32 Å². The summed E-state index contributed by atoms with van der Waals surface area (Å²) in [4.78, 5) is 0. The van der Waals surface area contributed by atoms with E-state index in [1.165, 1.54) is 17.7 Å². The van der Waals surface area contributed by atoms with Crippen LogP contribution in [0.5, 0.6) is 0 Å². The van der Waals surface area contributed by atoms with E-state index >= 15 is 0 Å². The first-order valence-corrected chi connectivity index (χ1v) is 5.80. The summed E-state index contributed by atoms with van der Waals surface area (Å²) in [6.07, 6.45) is 3.52. The Morgan fingerprint density at radius 1 is 1.40 bits per heavy atom. The molecule has 1 aliphatic carbocycles. The molecule has 1 aromatic heterocycles. The number of hydrogen-bond acceptors (Lipinski definition) is 2. The topological polar surface area (TPSA) is 40.7 Å². The number of rotatable bonds is 2. The van der Waals surface area contributed by atoms with E-state index in [0.29, 0.717) is 11.5 Å². The van der Waals surface area contributed by atoms with Crippen LogP contribution in [0.2, 0.25) is 0 Å². The van der Waals surface area contributed by atoms with Crippen molar-refractivity contribution in [1.29, 1.82) is 0 Å². The van der Waals surface area contributed by atoms with Crippen LogP contribution in [-0.2, 0) is 12.8 Å². The Morgan fingerprint density at radius 2 is 2.13 bits per heavy atom. The van der Waals surface area contributed by atoms with Crippen LogP contribution in [0.1, 0.15) is 45.4 Å². The van der Waals surface area contributed by atoms with Gasteiger partial charge in [0.05, 0.1) is 0 Å². The van der Waals surface area contributed by atoms with Gasteiger partial charge in [0, 0.05) is 17.3 Å². The van der Waals surface area contributed by atoms with E-state index < -0.39 is 0 Å². The highest BCUT2D eigenvalue weighted by atomic mass is 15.2. The third-order valence-electron chi connectivity index (χ3n) is 3.09. The average Bonchev–Trinajstić information content (AvgIpc) is 2.46. The average molecular weight is 207 g/mol. The van der Waals surface area contributed by atoms with Crippen LogP contribution in [0.4, 0.5) is 5.82 Å². The van der Waals surface area contributed by atoms with Crippen LogP contribution in [0.15, 0.2) is 0 Å².